The summed E-state index contributed by atoms with van der Waals surface area (Å²) in [6, 6.07) is 10.3. The van der Waals surface area contributed by atoms with E-state index in [9.17, 15) is 4.79 Å². The quantitative estimate of drug-likeness (QED) is 0.752. The lowest BCUT2D eigenvalue weighted by atomic mass is 10.2. The van der Waals surface area contributed by atoms with E-state index in [1.807, 2.05) is 19.2 Å². The van der Waals surface area contributed by atoms with Gasteiger partial charge in [0.15, 0.2) is 0 Å². The molecule has 1 amide bonds. The van der Waals surface area contributed by atoms with Crippen LogP contribution in [-0.2, 0) is 7.05 Å². The van der Waals surface area contributed by atoms with Gasteiger partial charge in [-0.1, -0.05) is 24.3 Å². The molecule has 4 nitrogen and oxygen atoms in total. The number of nitrogens with one attached hydrogen (secondary N) is 1. The van der Waals surface area contributed by atoms with Crippen molar-refractivity contribution >= 4 is 28.1 Å². The number of fused-ring (bicyclic) bond motifs is 1. The number of para-hydroxylation sites is 1. The molecule has 3 aromatic rings. The molecule has 0 radical (unpaired) electrons. The molecule has 0 aliphatic heterocycles. The number of aromatic nitrogens is 2. The number of thiazole rings is 1. The minimum Gasteiger partial charge on any atom is -0.347 e. The van der Waals surface area contributed by atoms with Crippen molar-refractivity contribution in [2.45, 2.75) is 0 Å². The largest absolute Gasteiger partial charge is 0.347 e. The molecule has 0 atom stereocenters. The van der Waals surface area contributed by atoms with Gasteiger partial charge >= 0.3 is 0 Å². The lowest BCUT2D eigenvalue weighted by molar-refractivity contribution is 0.0954. The lowest BCUT2D eigenvalue weighted by Crippen LogP contribution is -2.23. The van der Waals surface area contributed by atoms with E-state index in [4.69, 9.17) is 0 Å². The number of hydrogen-bond acceptors (Lipinski definition) is 3. The molecule has 5 heteroatoms. The summed E-state index contributed by atoms with van der Waals surface area (Å²) in [5, 5.41) is 6.53. The van der Waals surface area contributed by atoms with Crippen LogP contribution in [0.2, 0.25) is 0 Å². The predicted molar refractivity (Wildman–Crippen MR) is 86.6 cm³/mol. The maximum Gasteiger partial charge on any atom is 0.271 e. The van der Waals surface area contributed by atoms with Crippen LogP contribution in [0.25, 0.3) is 21.6 Å². The van der Waals surface area contributed by atoms with Crippen LogP contribution in [-0.4, -0.2) is 22.0 Å². The number of hydrogen-bond donors (Lipinski definition) is 1. The van der Waals surface area contributed by atoms with Crippen molar-refractivity contribution in [2.24, 2.45) is 7.05 Å². The minimum atomic E-state index is -0.170. The third-order valence-corrected chi connectivity index (χ3v) is 4.18. The fourth-order valence-corrected chi connectivity index (χ4v) is 3.10. The Morgan fingerprint density at radius 2 is 2.29 bits per heavy atom. The highest BCUT2D eigenvalue weighted by atomic mass is 32.1. The van der Waals surface area contributed by atoms with Gasteiger partial charge in [0.05, 0.1) is 5.69 Å². The van der Waals surface area contributed by atoms with Gasteiger partial charge in [-0.2, -0.15) is 0 Å². The van der Waals surface area contributed by atoms with Crippen molar-refractivity contribution in [1.82, 2.24) is 14.9 Å². The number of amides is 1. The first-order chi connectivity index (χ1) is 10.2. The van der Waals surface area contributed by atoms with Crippen molar-refractivity contribution in [2.75, 3.05) is 6.54 Å². The molecule has 0 saturated heterocycles. The predicted octanol–water partition coefficient (Wildman–Crippen LogP) is 3.22. The van der Waals surface area contributed by atoms with Gasteiger partial charge in [0, 0.05) is 29.9 Å². The highest BCUT2D eigenvalue weighted by molar-refractivity contribution is 7.13. The molecule has 0 saturated carbocycles. The topological polar surface area (TPSA) is 46.9 Å². The van der Waals surface area contributed by atoms with Gasteiger partial charge in [-0.3, -0.25) is 4.79 Å². The van der Waals surface area contributed by atoms with Gasteiger partial charge in [0.2, 0.25) is 0 Å². The van der Waals surface area contributed by atoms with E-state index in [0.29, 0.717) is 12.2 Å². The van der Waals surface area contributed by atoms with Crippen LogP contribution < -0.4 is 5.32 Å². The molecule has 0 aliphatic carbocycles. The Balaban J connectivity index is 1.96. The molecule has 0 fully saturated rings. The smallest absolute Gasteiger partial charge is 0.271 e. The first-order valence-electron chi connectivity index (χ1n) is 6.60. The normalized spacial score (nSPS) is 10.7. The SMILES string of the molecule is C=CCNC(=O)c1csc(-c2cc3ccccc3n2C)n1. The Morgan fingerprint density at radius 3 is 3.05 bits per heavy atom. The molecule has 1 N–H and O–H groups in total. The zero-order valence-corrected chi connectivity index (χ0v) is 12.5. The Bertz CT molecular complexity index is 816. The van der Waals surface area contributed by atoms with Crippen LogP contribution in [0.1, 0.15) is 10.5 Å². The Kier molecular flexibility index (Phi) is 3.58. The molecule has 0 spiro atoms. The van der Waals surface area contributed by atoms with Crippen molar-refractivity contribution in [3.63, 3.8) is 0 Å². The van der Waals surface area contributed by atoms with Gasteiger partial charge in [-0.25, -0.2) is 4.98 Å². The zero-order chi connectivity index (χ0) is 14.8. The second kappa shape index (κ2) is 5.54. The van der Waals surface area contributed by atoms with Crippen molar-refractivity contribution < 1.29 is 4.79 Å². The van der Waals surface area contributed by atoms with Crippen molar-refractivity contribution in [3.8, 4) is 10.7 Å². The molecular formula is C16H15N3OS. The third kappa shape index (κ3) is 2.48. The van der Waals surface area contributed by atoms with Crippen LogP contribution in [0, 0.1) is 0 Å². The van der Waals surface area contributed by atoms with Crippen molar-refractivity contribution in [3.05, 3.63) is 54.1 Å². The maximum atomic E-state index is 11.9. The zero-order valence-electron chi connectivity index (χ0n) is 11.7. The molecule has 0 bridgehead atoms. The summed E-state index contributed by atoms with van der Waals surface area (Å²) < 4.78 is 2.10. The number of rotatable bonds is 4. The van der Waals surface area contributed by atoms with Gasteiger partial charge in [0.1, 0.15) is 10.7 Å². The van der Waals surface area contributed by atoms with E-state index in [2.05, 4.69) is 39.6 Å². The minimum absolute atomic E-state index is 0.170. The lowest BCUT2D eigenvalue weighted by Gasteiger charge is -2.00. The Hall–Kier alpha value is -2.40. The molecular weight excluding hydrogens is 282 g/mol. The second-order valence-corrected chi connectivity index (χ2v) is 5.54. The molecule has 3 rings (SSSR count). The molecule has 2 aromatic heterocycles. The first kappa shape index (κ1) is 13.6. The van der Waals surface area contributed by atoms with Crippen LogP contribution in [0.3, 0.4) is 0 Å². The van der Waals surface area contributed by atoms with Crippen LogP contribution in [0.15, 0.2) is 48.4 Å². The first-order valence-corrected chi connectivity index (χ1v) is 7.48. The van der Waals surface area contributed by atoms with Crippen LogP contribution in [0.4, 0.5) is 0 Å². The average molecular weight is 297 g/mol. The summed E-state index contributed by atoms with van der Waals surface area (Å²) in [5.41, 5.74) is 2.62. The van der Waals surface area contributed by atoms with Gasteiger partial charge in [-0.05, 0) is 12.1 Å². The number of carbonyl (C=O) groups excluding carboxylic acids is 1. The fourth-order valence-electron chi connectivity index (χ4n) is 2.25. The van der Waals surface area contributed by atoms with Gasteiger partial charge in [0.25, 0.3) is 5.91 Å². The Morgan fingerprint density at radius 1 is 1.48 bits per heavy atom. The molecule has 106 valence electrons. The van der Waals surface area contributed by atoms with E-state index in [0.717, 1.165) is 16.2 Å². The Labute approximate surface area is 126 Å². The number of aryl methyl sites for hydroxylation is 1. The van der Waals surface area contributed by atoms with Crippen LogP contribution >= 0.6 is 11.3 Å². The maximum absolute atomic E-state index is 11.9. The second-order valence-electron chi connectivity index (χ2n) is 4.68. The van der Waals surface area contributed by atoms with Crippen LogP contribution in [0.5, 0.6) is 0 Å². The highest BCUT2D eigenvalue weighted by Crippen LogP contribution is 2.29. The molecule has 0 aliphatic rings. The summed E-state index contributed by atoms with van der Waals surface area (Å²) in [6.45, 7) is 4.02. The molecule has 2 heterocycles. The third-order valence-electron chi connectivity index (χ3n) is 3.31. The van der Waals surface area contributed by atoms with E-state index >= 15 is 0 Å². The number of benzene rings is 1. The molecule has 0 unspecified atom stereocenters. The van der Waals surface area contributed by atoms with E-state index < -0.39 is 0 Å². The average Bonchev–Trinajstić information content (AvgIpc) is 3.10. The number of nitrogens with zero attached hydrogens (tertiary/aromatic N) is 2. The van der Waals surface area contributed by atoms with Gasteiger partial charge in [-0.15, -0.1) is 17.9 Å². The molecule has 21 heavy (non-hydrogen) atoms. The summed E-state index contributed by atoms with van der Waals surface area (Å²) >= 11 is 1.48. The van der Waals surface area contributed by atoms with E-state index in [-0.39, 0.29) is 5.91 Å². The van der Waals surface area contributed by atoms with Crippen molar-refractivity contribution in [1.29, 1.82) is 0 Å². The summed E-state index contributed by atoms with van der Waals surface area (Å²) in [5.74, 6) is -0.170. The van der Waals surface area contributed by atoms with Gasteiger partial charge < -0.3 is 9.88 Å². The standard InChI is InChI=1S/C16H15N3OS/c1-3-8-17-15(20)12-10-21-16(18-12)14-9-11-6-4-5-7-13(11)19(14)2/h3-7,9-10H,1,8H2,2H3,(H,17,20). The fraction of sp³-hybridized carbons (Fsp3) is 0.125. The summed E-state index contributed by atoms with van der Waals surface area (Å²) in [7, 11) is 2.01. The monoisotopic (exact) mass is 297 g/mol. The van der Waals surface area contributed by atoms with E-state index in [1.54, 1.807) is 11.5 Å². The highest BCUT2D eigenvalue weighted by Gasteiger charge is 2.14. The van der Waals surface area contributed by atoms with E-state index in [1.165, 1.54) is 16.7 Å². The number of carbonyl (C=O) groups is 1. The summed E-state index contributed by atoms with van der Waals surface area (Å²) in [6.07, 6.45) is 1.65. The summed E-state index contributed by atoms with van der Waals surface area (Å²) in [4.78, 5) is 16.3. The molecule has 1 aromatic carbocycles.